The smallest absolute Gasteiger partial charge is 0.223 e. The van der Waals surface area contributed by atoms with Crippen LogP contribution in [0, 0.1) is 0 Å². The first-order chi connectivity index (χ1) is 8.11. The zero-order chi connectivity index (χ0) is 12.7. The molecule has 0 aromatic heterocycles. The molecule has 0 bridgehead atoms. The molecule has 1 aromatic rings. The number of hydrogen-bond donors (Lipinski definition) is 3. The van der Waals surface area contributed by atoms with Crippen LogP contribution in [0.5, 0.6) is 5.75 Å². The van der Waals surface area contributed by atoms with Crippen molar-refractivity contribution in [3.8, 4) is 5.75 Å². The molecular formula is C11H15N5O. The van der Waals surface area contributed by atoms with Gasteiger partial charge in [0.1, 0.15) is 12.4 Å². The van der Waals surface area contributed by atoms with E-state index >= 15 is 0 Å². The van der Waals surface area contributed by atoms with Gasteiger partial charge < -0.3 is 21.9 Å². The number of aliphatic imine (C=N–C) groups is 2. The minimum atomic E-state index is -0.128. The summed E-state index contributed by atoms with van der Waals surface area (Å²) in [6.07, 6.45) is 1.67. The lowest BCUT2D eigenvalue weighted by atomic mass is 10.3. The second kappa shape index (κ2) is 6.16. The fourth-order valence-electron chi connectivity index (χ4n) is 1.06. The molecule has 0 unspecified atom stereocenters. The highest BCUT2D eigenvalue weighted by Crippen LogP contribution is 2.17. The molecule has 0 aliphatic heterocycles. The van der Waals surface area contributed by atoms with Crippen molar-refractivity contribution in [3.05, 3.63) is 36.9 Å². The van der Waals surface area contributed by atoms with E-state index in [-0.39, 0.29) is 11.9 Å². The highest BCUT2D eigenvalue weighted by atomic mass is 16.5. The topological polar surface area (TPSA) is 112 Å². The van der Waals surface area contributed by atoms with Crippen molar-refractivity contribution in [2.45, 2.75) is 0 Å². The van der Waals surface area contributed by atoms with Crippen LogP contribution in [0.1, 0.15) is 0 Å². The van der Waals surface area contributed by atoms with Crippen LogP contribution in [0.4, 0.5) is 5.69 Å². The van der Waals surface area contributed by atoms with E-state index in [4.69, 9.17) is 21.9 Å². The Morgan fingerprint density at radius 1 is 1.24 bits per heavy atom. The van der Waals surface area contributed by atoms with E-state index in [0.29, 0.717) is 12.3 Å². The minimum Gasteiger partial charge on any atom is -0.490 e. The van der Waals surface area contributed by atoms with Crippen LogP contribution in [0.15, 0.2) is 46.9 Å². The van der Waals surface area contributed by atoms with Crippen molar-refractivity contribution < 1.29 is 4.74 Å². The van der Waals surface area contributed by atoms with Crippen LogP contribution in [0.25, 0.3) is 0 Å². The summed E-state index contributed by atoms with van der Waals surface area (Å²) >= 11 is 0. The number of rotatable bonds is 4. The first kappa shape index (κ1) is 12.6. The molecule has 0 radical (unpaired) electrons. The predicted octanol–water partition coefficient (Wildman–Crippen LogP) is 0.471. The van der Waals surface area contributed by atoms with Crippen molar-refractivity contribution in [2.75, 3.05) is 6.61 Å². The van der Waals surface area contributed by atoms with E-state index in [9.17, 15) is 0 Å². The van der Waals surface area contributed by atoms with Crippen LogP contribution >= 0.6 is 0 Å². The molecule has 6 nitrogen and oxygen atoms in total. The van der Waals surface area contributed by atoms with E-state index in [0.717, 1.165) is 5.75 Å². The summed E-state index contributed by atoms with van der Waals surface area (Å²) in [6, 6.07) is 7.03. The maximum atomic E-state index is 5.48. The molecule has 0 saturated carbocycles. The van der Waals surface area contributed by atoms with Crippen molar-refractivity contribution in [3.63, 3.8) is 0 Å². The molecule has 1 aromatic carbocycles. The minimum absolute atomic E-state index is 0.00441. The van der Waals surface area contributed by atoms with E-state index < -0.39 is 0 Å². The summed E-state index contributed by atoms with van der Waals surface area (Å²) in [4.78, 5) is 7.59. The molecule has 0 aliphatic carbocycles. The van der Waals surface area contributed by atoms with Gasteiger partial charge in [0.2, 0.25) is 5.96 Å². The molecule has 17 heavy (non-hydrogen) atoms. The summed E-state index contributed by atoms with van der Waals surface area (Å²) in [7, 11) is 0. The molecular weight excluding hydrogens is 218 g/mol. The highest BCUT2D eigenvalue weighted by molar-refractivity contribution is 5.93. The average Bonchev–Trinajstić information content (AvgIpc) is 2.27. The summed E-state index contributed by atoms with van der Waals surface area (Å²) in [6.45, 7) is 4.02. The maximum absolute atomic E-state index is 5.48. The lowest BCUT2D eigenvalue weighted by Gasteiger charge is -2.02. The second-order valence-electron chi connectivity index (χ2n) is 3.10. The van der Waals surface area contributed by atoms with Gasteiger partial charge in [-0.25, -0.2) is 4.99 Å². The number of nitrogens with two attached hydrogens (primary N) is 3. The molecule has 6 N–H and O–H groups in total. The van der Waals surface area contributed by atoms with Crippen LogP contribution in [0.2, 0.25) is 0 Å². The first-order valence-corrected chi connectivity index (χ1v) is 4.89. The first-order valence-electron chi connectivity index (χ1n) is 4.89. The van der Waals surface area contributed by atoms with Crippen LogP contribution in [0.3, 0.4) is 0 Å². The molecule has 0 aliphatic rings. The largest absolute Gasteiger partial charge is 0.490 e. The lowest BCUT2D eigenvalue weighted by molar-refractivity contribution is 0.363. The van der Waals surface area contributed by atoms with Gasteiger partial charge in [0.05, 0.1) is 5.69 Å². The van der Waals surface area contributed by atoms with Crippen LogP contribution in [-0.4, -0.2) is 18.5 Å². The fourth-order valence-corrected chi connectivity index (χ4v) is 1.06. The van der Waals surface area contributed by atoms with Gasteiger partial charge in [0.25, 0.3) is 0 Å². The van der Waals surface area contributed by atoms with Crippen molar-refractivity contribution in [1.29, 1.82) is 0 Å². The Balaban J connectivity index is 2.74. The van der Waals surface area contributed by atoms with Gasteiger partial charge >= 0.3 is 0 Å². The molecule has 0 fully saturated rings. The number of guanidine groups is 2. The molecule has 0 saturated heterocycles. The van der Waals surface area contributed by atoms with E-state index in [1.165, 1.54) is 0 Å². The third-order valence-electron chi connectivity index (χ3n) is 1.69. The molecule has 6 heteroatoms. The number of benzene rings is 1. The maximum Gasteiger partial charge on any atom is 0.223 e. The molecule has 90 valence electrons. The predicted molar refractivity (Wildman–Crippen MR) is 69.2 cm³/mol. The van der Waals surface area contributed by atoms with E-state index in [2.05, 4.69) is 16.6 Å². The Bertz CT molecular complexity index is 432. The standard InChI is InChI=1S/C11H15N5O/c1-2-7-17-9-5-3-8(4-6-9)15-11(14)16-10(12)13/h2-6H,1,7H2,(H6,12,13,14,15,16). The summed E-state index contributed by atoms with van der Waals surface area (Å²) < 4.78 is 5.31. The zero-order valence-electron chi connectivity index (χ0n) is 9.34. The molecule has 0 spiro atoms. The quantitative estimate of drug-likeness (QED) is 0.398. The Hall–Kier alpha value is -2.50. The van der Waals surface area contributed by atoms with Gasteiger partial charge in [-0.3, -0.25) is 0 Å². The molecule has 0 amide bonds. The van der Waals surface area contributed by atoms with Gasteiger partial charge in [0.15, 0.2) is 5.96 Å². The van der Waals surface area contributed by atoms with Gasteiger partial charge in [-0.2, -0.15) is 4.99 Å². The molecule has 0 atom stereocenters. The fraction of sp³-hybridized carbons (Fsp3) is 0.0909. The van der Waals surface area contributed by atoms with Gasteiger partial charge in [0, 0.05) is 0 Å². The monoisotopic (exact) mass is 233 g/mol. The Morgan fingerprint density at radius 3 is 2.41 bits per heavy atom. The van der Waals surface area contributed by atoms with Crippen LogP contribution < -0.4 is 21.9 Å². The summed E-state index contributed by atoms with van der Waals surface area (Å²) in [5.41, 5.74) is 16.4. The van der Waals surface area contributed by atoms with Gasteiger partial charge in [-0.05, 0) is 24.3 Å². The van der Waals surface area contributed by atoms with Gasteiger partial charge in [-0.1, -0.05) is 12.7 Å². The average molecular weight is 233 g/mol. The van der Waals surface area contributed by atoms with Crippen molar-refractivity contribution in [2.24, 2.45) is 27.2 Å². The molecule has 1 rings (SSSR count). The normalized spacial score (nSPS) is 10.7. The number of ether oxygens (including phenoxy) is 1. The van der Waals surface area contributed by atoms with Gasteiger partial charge in [-0.15, -0.1) is 0 Å². The summed E-state index contributed by atoms with van der Waals surface area (Å²) in [5, 5.41) is 0. The van der Waals surface area contributed by atoms with Crippen molar-refractivity contribution >= 4 is 17.6 Å². The van der Waals surface area contributed by atoms with Crippen molar-refractivity contribution in [1.82, 2.24) is 0 Å². The Kier molecular flexibility index (Phi) is 4.56. The Labute approximate surface area is 99.5 Å². The van der Waals surface area contributed by atoms with Crippen LogP contribution in [-0.2, 0) is 0 Å². The van der Waals surface area contributed by atoms with E-state index in [1.54, 1.807) is 30.3 Å². The molecule has 0 heterocycles. The number of hydrogen-bond acceptors (Lipinski definition) is 2. The zero-order valence-corrected chi connectivity index (χ0v) is 9.34. The third kappa shape index (κ3) is 4.70. The third-order valence-corrected chi connectivity index (χ3v) is 1.69. The van der Waals surface area contributed by atoms with E-state index in [1.807, 2.05) is 0 Å². The summed E-state index contributed by atoms with van der Waals surface area (Å²) in [5.74, 6) is 0.603. The second-order valence-corrected chi connectivity index (χ2v) is 3.10. The highest BCUT2D eigenvalue weighted by Gasteiger charge is 1.95. The SMILES string of the molecule is C=CCOc1ccc(N=C(N)N=C(N)N)cc1. The number of nitrogens with zero attached hydrogens (tertiary/aromatic N) is 2. The lowest BCUT2D eigenvalue weighted by Crippen LogP contribution is -2.26. The Morgan fingerprint density at radius 2 is 1.88 bits per heavy atom.